The van der Waals surface area contributed by atoms with Crippen molar-refractivity contribution in [2.75, 3.05) is 31.7 Å². The number of ether oxygens (including phenoxy) is 4. The number of nitrogens with two attached hydrogens (primary N) is 1. The Morgan fingerprint density at radius 2 is 1.75 bits per heavy atom. The number of hydrogen-bond donors (Lipinski definition) is 2. The minimum absolute atomic E-state index is 0.0795. The van der Waals surface area contributed by atoms with Crippen molar-refractivity contribution in [3.63, 3.8) is 0 Å². The molecular weight excluding hydrogens is 368 g/mol. The van der Waals surface area contributed by atoms with Crippen LogP contribution in [0, 0.1) is 0 Å². The maximum absolute atomic E-state index is 12.2. The molecule has 0 saturated carbocycles. The van der Waals surface area contributed by atoms with E-state index in [2.05, 4.69) is 5.32 Å². The van der Waals surface area contributed by atoms with Crippen LogP contribution in [0.4, 0.5) is 5.69 Å². The molecule has 1 aliphatic rings. The second kappa shape index (κ2) is 8.76. The van der Waals surface area contributed by atoms with Crippen LogP contribution in [0.25, 0.3) is 0 Å². The minimum atomic E-state index is -0.766. The maximum Gasteiger partial charge on any atom is 0.342 e. The minimum Gasteiger partial charge on any atom is -0.486 e. The molecule has 2 amide bonds. The Morgan fingerprint density at radius 3 is 2.54 bits per heavy atom. The van der Waals surface area contributed by atoms with Gasteiger partial charge in [-0.25, -0.2) is 4.79 Å². The molecule has 0 bridgehead atoms. The summed E-state index contributed by atoms with van der Waals surface area (Å²) in [6.07, 6.45) is 0. The van der Waals surface area contributed by atoms with E-state index in [1.165, 1.54) is 12.1 Å². The molecule has 28 heavy (non-hydrogen) atoms. The summed E-state index contributed by atoms with van der Waals surface area (Å²) in [5, 5.41) is 2.61. The summed E-state index contributed by atoms with van der Waals surface area (Å²) in [4.78, 5) is 35.1. The van der Waals surface area contributed by atoms with Crippen LogP contribution in [-0.4, -0.2) is 44.2 Å². The van der Waals surface area contributed by atoms with Crippen LogP contribution in [0.3, 0.4) is 0 Å². The SMILES string of the molecule is NC(=O)COc1ccccc1C(=O)OCC(=O)Nc1ccc2c(c1)OCCO2. The monoisotopic (exact) mass is 386 g/mol. The van der Waals surface area contributed by atoms with E-state index in [9.17, 15) is 14.4 Å². The summed E-state index contributed by atoms with van der Waals surface area (Å²) >= 11 is 0. The Morgan fingerprint density at radius 1 is 1.00 bits per heavy atom. The summed E-state index contributed by atoms with van der Waals surface area (Å²) in [6, 6.07) is 11.1. The van der Waals surface area contributed by atoms with Gasteiger partial charge in [0.2, 0.25) is 0 Å². The molecule has 0 radical (unpaired) electrons. The predicted molar refractivity (Wildman–Crippen MR) is 97.5 cm³/mol. The van der Waals surface area contributed by atoms with Crippen molar-refractivity contribution in [2.45, 2.75) is 0 Å². The maximum atomic E-state index is 12.2. The van der Waals surface area contributed by atoms with E-state index in [1.54, 1.807) is 30.3 Å². The van der Waals surface area contributed by atoms with E-state index >= 15 is 0 Å². The third kappa shape index (κ3) is 4.91. The van der Waals surface area contributed by atoms with Crippen molar-refractivity contribution in [1.82, 2.24) is 0 Å². The van der Waals surface area contributed by atoms with Gasteiger partial charge in [0.15, 0.2) is 24.7 Å². The highest BCUT2D eigenvalue weighted by atomic mass is 16.6. The summed E-state index contributed by atoms with van der Waals surface area (Å²) < 4.78 is 21.0. The molecule has 0 unspecified atom stereocenters. The number of para-hydroxylation sites is 1. The van der Waals surface area contributed by atoms with Crippen molar-refractivity contribution in [3.05, 3.63) is 48.0 Å². The molecule has 9 nitrogen and oxygen atoms in total. The predicted octanol–water partition coefficient (Wildman–Crippen LogP) is 1.12. The fraction of sp³-hybridized carbons (Fsp3) is 0.211. The summed E-state index contributed by atoms with van der Waals surface area (Å²) in [5.74, 6) is -0.705. The van der Waals surface area contributed by atoms with Gasteiger partial charge in [0.05, 0.1) is 0 Å². The number of amides is 2. The number of hydrogen-bond acceptors (Lipinski definition) is 7. The largest absolute Gasteiger partial charge is 0.486 e. The van der Waals surface area contributed by atoms with Gasteiger partial charge in [0.1, 0.15) is 24.5 Å². The van der Waals surface area contributed by atoms with Gasteiger partial charge in [-0.3, -0.25) is 9.59 Å². The molecule has 2 aromatic carbocycles. The summed E-state index contributed by atoms with van der Waals surface area (Å²) in [7, 11) is 0. The zero-order chi connectivity index (χ0) is 19.9. The lowest BCUT2D eigenvalue weighted by Crippen LogP contribution is -2.23. The van der Waals surface area contributed by atoms with E-state index in [1.807, 2.05) is 0 Å². The zero-order valence-corrected chi connectivity index (χ0v) is 14.8. The van der Waals surface area contributed by atoms with Gasteiger partial charge in [0.25, 0.3) is 11.8 Å². The van der Waals surface area contributed by atoms with Crippen LogP contribution in [-0.2, 0) is 14.3 Å². The van der Waals surface area contributed by atoms with E-state index in [-0.39, 0.29) is 17.9 Å². The molecule has 0 atom stereocenters. The highest BCUT2D eigenvalue weighted by molar-refractivity contribution is 5.97. The molecule has 0 saturated heterocycles. The molecule has 1 aliphatic heterocycles. The van der Waals surface area contributed by atoms with Gasteiger partial charge >= 0.3 is 5.97 Å². The highest BCUT2D eigenvalue weighted by Gasteiger charge is 2.17. The molecule has 0 fully saturated rings. The van der Waals surface area contributed by atoms with Gasteiger partial charge in [-0.15, -0.1) is 0 Å². The quantitative estimate of drug-likeness (QED) is 0.683. The zero-order valence-electron chi connectivity index (χ0n) is 14.8. The van der Waals surface area contributed by atoms with Crippen molar-refractivity contribution in [2.24, 2.45) is 5.73 Å². The first-order valence-corrected chi connectivity index (χ1v) is 8.39. The normalized spacial score (nSPS) is 12.0. The topological polar surface area (TPSA) is 126 Å². The molecule has 2 aromatic rings. The lowest BCUT2D eigenvalue weighted by atomic mass is 10.2. The van der Waals surface area contributed by atoms with Crippen LogP contribution in [0.15, 0.2) is 42.5 Å². The highest BCUT2D eigenvalue weighted by Crippen LogP contribution is 2.32. The molecule has 0 spiro atoms. The molecular formula is C19H18N2O7. The number of rotatable bonds is 7. The second-order valence-electron chi connectivity index (χ2n) is 5.73. The van der Waals surface area contributed by atoms with Gasteiger partial charge in [-0.2, -0.15) is 0 Å². The van der Waals surface area contributed by atoms with Gasteiger partial charge in [0, 0.05) is 11.8 Å². The van der Waals surface area contributed by atoms with Crippen molar-refractivity contribution in [3.8, 4) is 17.2 Å². The number of nitrogens with one attached hydrogen (secondary N) is 1. The van der Waals surface area contributed by atoms with E-state index in [0.29, 0.717) is 30.4 Å². The van der Waals surface area contributed by atoms with E-state index in [0.717, 1.165) is 0 Å². The van der Waals surface area contributed by atoms with E-state index < -0.39 is 24.4 Å². The average Bonchev–Trinajstić information content (AvgIpc) is 2.70. The Bertz CT molecular complexity index is 898. The number of fused-ring (bicyclic) bond motifs is 1. The number of carbonyl (C=O) groups is 3. The second-order valence-corrected chi connectivity index (χ2v) is 5.73. The standard InChI is InChI=1S/C19H18N2O7/c20-17(22)10-27-14-4-2-1-3-13(14)19(24)28-11-18(23)21-12-5-6-15-16(9-12)26-8-7-25-15/h1-6,9H,7-8,10-11H2,(H2,20,22)(H,21,23). The Balaban J connectivity index is 1.56. The van der Waals surface area contributed by atoms with Gasteiger partial charge < -0.3 is 30.0 Å². The van der Waals surface area contributed by atoms with Crippen molar-refractivity contribution < 1.29 is 33.3 Å². The summed E-state index contributed by atoms with van der Waals surface area (Å²) in [6.45, 7) is 0.0187. The molecule has 3 rings (SSSR count). The van der Waals surface area contributed by atoms with Crippen LogP contribution in [0.2, 0.25) is 0 Å². The molecule has 1 heterocycles. The lowest BCUT2D eigenvalue weighted by molar-refractivity contribution is -0.120. The number of anilines is 1. The van der Waals surface area contributed by atoms with Gasteiger partial charge in [-0.1, -0.05) is 12.1 Å². The third-order valence-electron chi connectivity index (χ3n) is 3.64. The van der Waals surface area contributed by atoms with Crippen LogP contribution < -0.4 is 25.3 Å². The first kappa shape index (κ1) is 19.0. The number of carbonyl (C=O) groups excluding carboxylic acids is 3. The molecule has 3 N–H and O–H groups in total. The van der Waals surface area contributed by atoms with Crippen molar-refractivity contribution in [1.29, 1.82) is 0 Å². The Hall–Kier alpha value is -3.75. The number of primary amides is 1. The Labute approximate surface area is 160 Å². The average molecular weight is 386 g/mol. The Kier molecular flexibility index (Phi) is 5.95. The first-order valence-electron chi connectivity index (χ1n) is 8.39. The van der Waals surface area contributed by atoms with Crippen LogP contribution in [0.5, 0.6) is 17.2 Å². The first-order chi connectivity index (χ1) is 13.5. The fourth-order valence-corrected chi connectivity index (χ4v) is 2.44. The van der Waals surface area contributed by atoms with Gasteiger partial charge in [-0.05, 0) is 24.3 Å². The van der Waals surface area contributed by atoms with Crippen LogP contribution >= 0.6 is 0 Å². The fourth-order valence-electron chi connectivity index (χ4n) is 2.44. The van der Waals surface area contributed by atoms with Crippen LogP contribution in [0.1, 0.15) is 10.4 Å². The summed E-state index contributed by atoms with van der Waals surface area (Å²) in [5.41, 5.74) is 5.59. The number of esters is 1. The molecule has 0 aliphatic carbocycles. The smallest absolute Gasteiger partial charge is 0.342 e. The van der Waals surface area contributed by atoms with E-state index in [4.69, 9.17) is 24.7 Å². The molecule has 146 valence electrons. The third-order valence-corrected chi connectivity index (χ3v) is 3.64. The lowest BCUT2D eigenvalue weighted by Gasteiger charge is -2.19. The molecule has 0 aromatic heterocycles. The number of benzene rings is 2. The molecule has 9 heteroatoms. The van der Waals surface area contributed by atoms with Crippen molar-refractivity contribution >= 4 is 23.5 Å².